The average Bonchev–Trinajstić information content (AvgIpc) is 3.73. The van der Waals surface area contributed by atoms with Gasteiger partial charge in [0.15, 0.2) is 0 Å². The first-order chi connectivity index (χ1) is 18.1. The fraction of sp³-hybridized carbons (Fsp3) is 0.394. The molecule has 3 aromatic carbocycles. The Morgan fingerprint density at radius 2 is 1.54 bits per heavy atom. The van der Waals surface area contributed by atoms with Crippen LogP contribution < -0.4 is 5.32 Å². The van der Waals surface area contributed by atoms with Crippen LogP contribution in [0.25, 0.3) is 11.1 Å². The lowest BCUT2D eigenvalue weighted by atomic mass is 10.0. The van der Waals surface area contributed by atoms with Crippen LogP contribution in [0.4, 0.5) is 0 Å². The van der Waals surface area contributed by atoms with Gasteiger partial charge in [0.05, 0.1) is 0 Å². The van der Waals surface area contributed by atoms with Crippen molar-refractivity contribution in [3.63, 3.8) is 0 Å². The summed E-state index contributed by atoms with van der Waals surface area (Å²) in [5, 5.41) is 3.10. The lowest BCUT2D eigenvalue weighted by Gasteiger charge is -2.31. The van der Waals surface area contributed by atoms with E-state index in [0.717, 1.165) is 49.9 Å². The van der Waals surface area contributed by atoms with E-state index in [2.05, 4.69) is 48.6 Å². The standard InChI is InChI=1S/C33H38N2O2/c1-24-13-15-27(16-14-24)30-23-29(30)11-8-12-31(33(37)35-21-6-3-7-22-35)34-32(36)28-19-17-26(18-20-28)25-9-4-2-5-10-25/h2,4-5,9-10,13-20,29-31H,3,6-8,11-12,21-23H2,1H3,(H,34,36)/t29-,30+,31-/m0/s1. The summed E-state index contributed by atoms with van der Waals surface area (Å²) in [6.07, 6.45) is 7.25. The summed E-state index contributed by atoms with van der Waals surface area (Å²) in [6, 6.07) is 26.2. The van der Waals surface area contributed by atoms with Crippen molar-refractivity contribution in [2.75, 3.05) is 13.1 Å². The van der Waals surface area contributed by atoms with E-state index in [0.29, 0.717) is 23.8 Å². The van der Waals surface area contributed by atoms with Crippen LogP contribution in [0.3, 0.4) is 0 Å². The molecule has 2 amide bonds. The second kappa shape index (κ2) is 11.8. The number of benzene rings is 3. The van der Waals surface area contributed by atoms with E-state index in [1.54, 1.807) is 0 Å². The Bertz CT molecular complexity index is 1180. The molecule has 3 aromatic rings. The maximum absolute atomic E-state index is 13.4. The lowest BCUT2D eigenvalue weighted by molar-refractivity contribution is -0.134. The van der Waals surface area contributed by atoms with E-state index in [4.69, 9.17) is 0 Å². The molecule has 1 N–H and O–H groups in total. The van der Waals surface area contributed by atoms with Crippen LogP contribution in [0.15, 0.2) is 78.9 Å². The van der Waals surface area contributed by atoms with Crippen molar-refractivity contribution in [1.29, 1.82) is 0 Å². The molecule has 0 spiro atoms. The summed E-state index contributed by atoms with van der Waals surface area (Å²) in [6.45, 7) is 3.73. The highest BCUT2D eigenvalue weighted by atomic mass is 16.2. The maximum atomic E-state index is 13.4. The van der Waals surface area contributed by atoms with Crippen LogP contribution in [-0.2, 0) is 4.79 Å². The summed E-state index contributed by atoms with van der Waals surface area (Å²) in [4.78, 5) is 28.6. The molecule has 2 fully saturated rings. The number of nitrogens with zero attached hydrogens (tertiary/aromatic N) is 1. The number of aryl methyl sites for hydroxylation is 1. The Kier molecular flexibility index (Phi) is 8.03. The molecule has 1 heterocycles. The first-order valence-corrected chi connectivity index (χ1v) is 13.9. The molecule has 1 aliphatic heterocycles. The smallest absolute Gasteiger partial charge is 0.251 e. The molecule has 0 radical (unpaired) electrons. The molecule has 5 rings (SSSR count). The third-order valence-corrected chi connectivity index (χ3v) is 8.02. The molecule has 0 unspecified atom stereocenters. The molecule has 1 aliphatic carbocycles. The Morgan fingerprint density at radius 1 is 0.865 bits per heavy atom. The van der Waals surface area contributed by atoms with Gasteiger partial charge in [0.25, 0.3) is 5.91 Å². The quantitative estimate of drug-likeness (QED) is 0.358. The van der Waals surface area contributed by atoms with Crippen LogP contribution in [0.1, 0.15) is 72.3 Å². The highest BCUT2D eigenvalue weighted by Gasteiger charge is 2.38. The number of amides is 2. The monoisotopic (exact) mass is 494 g/mol. The molecule has 0 aromatic heterocycles. The van der Waals surface area contributed by atoms with Crippen molar-refractivity contribution in [3.05, 3.63) is 95.6 Å². The van der Waals surface area contributed by atoms with Gasteiger partial charge in [0.1, 0.15) is 6.04 Å². The second-order valence-corrected chi connectivity index (χ2v) is 10.8. The predicted octanol–water partition coefficient (Wildman–Crippen LogP) is 6.75. The van der Waals surface area contributed by atoms with Gasteiger partial charge in [0, 0.05) is 18.7 Å². The lowest BCUT2D eigenvalue weighted by Crippen LogP contribution is -2.50. The zero-order valence-corrected chi connectivity index (χ0v) is 21.9. The minimum atomic E-state index is -0.462. The third kappa shape index (κ3) is 6.49. The van der Waals surface area contributed by atoms with Gasteiger partial charge in [-0.05, 0) is 86.1 Å². The molecule has 4 nitrogen and oxygen atoms in total. The van der Waals surface area contributed by atoms with Gasteiger partial charge in [-0.25, -0.2) is 0 Å². The molecular formula is C33H38N2O2. The minimum absolute atomic E-state index is 0.0832. The van der Waals surface area contributed by atoms with Gasteiger partial charge < -0.3 is 10.2 Å². The number of hydrogen-bond donors (Lipinski definition) is 1. The first-order valence-electron chi connectivity index (χ1n) is 13.9. The van der Waals surface area contributed by atoms with Gasteiger partial charge in [-0.3, -0.25) is 9.59 Å². The number of hydrogen-bond acceptors (Lipinski definition) is 2. The van der Waals surface area contributed by atoms with Gasteiger partial charge >= 0.3 is 0 Å². The van der Waals surface area contributed by atoms with Crippen molar-refractivity contribution >= 4 is 11.8 Å². The normalized spacial score (nSPS) is 19.8. The predicted molar refractivity (Wildman–Crippen MR) is 149 cm³/mol. The second-order valence-electron chi connectivity index (χ2n) is 10.8. The van der Waals surface area contributed by atoms with Crippen molar-refractivity contribution < 1.29 is 9.59 Å². The zero-order valence-electron chi connectivity index (χ0n) is 21.9. The largest absolute Gasteiger partial charge is 0.341 e. The fourth-order valence-corrected chi connectivity index (χ4v) is 5.65. The molecule has 1 saturated carbocycles. The Labute approximate surface area is 221 Å². The van der Waals surface area contributed by atoms with Crippen LogP contribution in [0, 0.1) is 12.8 Å². The Hall–Kier alpha value is -3.40. The molecule has 2 aliphatic rings. The van der Waals surface area contributed by atoms with E-state index < -0.39 is 6.04 Å². The third-order valence-electron chi connectivity index (χ3n) is 8.02. The molecule has 37 heavy (non-hydrogen) atoms. The van der Waals surface area contributed by atoms with Crippen LogP contribution in [0.5, 0.6) is 0 Å². The van der Waals surface area contributed by atoms with Gasteiger partial charge in [-0.2, -0.15) is 0 Å². The van der Waals surface area contributed by atoms with Crippen molar-refractivity contribution in [3.8, 4) is 11.1 Å². The molecule has 0 bridgehead atoms. The molecule has 192 valence electrons. The summed E-state index contributed by atoms with van der Waals surface area (Å²) in [7, 11) is 0. The summed E-state index contributed by atoms with van der Waals surface area (Å²) in [5.41, 5.74) is 5.52. The maximum Gasteiger partial charge on any atom is 0.251 e. The van der Waals surface area contributed by atoms with E-state index in [-0.39, 0.29) is 11.8 Å². The van der Waals surface area contributed by atoms with E-state index in [1.165, 1.54) is 24.0 Å². The molecular weight excluding hydrogens is 456 g/mol. The highest BCUT2D eigenvalue weighted by molar-refractivity contribution is 5.98. The SMILES string of the molecule is Cc1ccc([C@H]2C[C@@H]2CCC[C@H](NC(=O)c2ccc(-c3ccccc3)cc2)C(=O)N2CCCCC2)cc1. The number of nitrogens with one attached hydrogen (secondary N) is 1. The molecule has 4 heteroatoms. The number of carbonyl (C=O) groups is 2. The fourth-order valence-electron chi connectivity index (χ4n) is 5.65. The van der Waals surface area contributed by atoms with Gasteiger partial charge in [-0.1, -0.05) is 78.7 Å². The summed E-state index contributed by atoms with van der Waals surface area (Å²) < 4.78 is 0. The van der Waals surface area contributed by atoms with E-state index in [9.17, 15) is 9.59 Å². The van der Waals surface area contributed by atoms with Crippen LogP contribution in [-0.4, -0.2) is 35.8 Å². The number of piperidine rings is 1. The summed E-state index contributed by atoms with van der Waals surface area (Å²) >= 11 is 0. The number of carbonyl (C=O) groups excluding carboxylic acids is 2. The molecule has 1 saturated heterocycles. The first kappa shape index (κ1) is 25.3. The van der Waals surface area contributed by atoms with Gasteiger partial charge in [0.2, 0.25) is 5.91 Å². The van der Waals surface area contributed by atoms with Crippen LogP contribution in [0.2, 0.25) is 0 Å². The highest BCUT2D eigenvalue weighted by Crippen LogP contribution is 2.50. The van der Waals surface area contributed by atoms with Crippen molar-refractivity contribution in [2.24, 2.45) is 5.92 Å². The Morgan fingerprint density at radius 3 is 2.24 bits per heavy atom. The minimum Gasteiger partial charge on any atom is -0.341 e. The Balaban J connectivity index is 1.20. The average molecular weight is 495 g/mol. The van der Waals surface area contributed by atoms with Crippen molar-refractivity contribution in [2.45, 2.75) is 63.8 Å². The summed E-state index contributed by atoms with van der Waals surface area (Å²) in [5.74, 6) is 1.25. The topological polar surface area (TPSA) is 49.4 Å². The zero-order chi connectivity index (χ0) is 25.6. The molecule has 3 atom stereocenters. The number of rotatable bonds is 9. The van der Waals surface area contributed by atoms with Gasteiger partial charge in [-0.15, -0.1) is 0 Å². The van der Waals surface area contributed by atoms with Crippen LogP contribution >= 0.6 is 0 Å². The number of likely N-dealkylation sites (tertiary alicyclic amines) is 1. The van der Waals surface area contributed by atoms with Crippen molar-refractivity contribution in [1.82, 2.24) is 10.2 Å². The van der Waals surface area contributed by atoms with E-state index >= 15 is 0 Å². The van der Waals surface area contributed by atoms with E-state index in [1.807, 2.05) is 47.4 Å².